The van der Waals surface area contributed by atoms with Crippen LogP contribution in [0.4, 0.5) is 0 Å². The topological polar surface area (TPSA) is 58.1 Å². The minimum Gasteiger partial charge on any atom is -0.496 e. The standard InChI is InChI=1S/C24H40N4O2.HI/c1-4-25-23(27-19-24(12-13-24)14-17-30-5-2)26-18-21(28-15-8-9-16-28)20-10-6-7-11-22(20)29-3;/h6-7,10-11,21H,4-5,8-9,12-19H2,1-3H3,(H2,25,26,27);1H. The van der Waals surface area contributed by atoms with Crippen molar-refractivity contribution in [3.8, 4) is 5.75 Å². The van der Waals surface area contributed by atoms with Crippen LogP contribution in [-0.2, 0) is 4.74 Å². The lowest BCUT2D eigenvalue weighted by atomic mass is 10.0. The van der Waals surface area contributed by atoms with Crippen LogP contribution in [0.15, 0.2) is 29.3 Å². The Balaban J connectivity index is 0.00000341. The number of methoxy groups -OCH3 is 1. The normalized spacial score (nSPS) is 18.9. The second-order valence-electron chi connectivity index (χ2n) is 8.52. The molecule has 31 heavy (non-hydrogen) atoms. The Bertz CT molecular complexity index is 675. The molecular formula is C24H41IN4O2. The first-order valence-electron chi connectivity index (χ1n) is 11.7. The van der Waals surface area contributed by atoms with Crippen LogP contribution in [-0.4, -0.2) is 63.9 Å². The maximum Gasteiger partial charge on any atom is 0.191 e. The molecule has 1 aliphatic carbocycles. The van der Waals surface area contributed by atoms with Crippen molar-refractivity contribution in [2.75, 3.05) is 53.0 Å². The van der Waals surface area contributed by atoms with E-state index in [1.54, 1.807) is 7.11 Å². The first kappa shape index (κ1) is 26.2. The number of hydrogen-bond acceptors (Lipinski definition) is 4. The zero-order valence-electron chi connectivity index (χ0n) is 19.5. The number of para-hydroxylation sites is 1. The molecule has 0 bridgehead atoms. The molecule has 1 aromatic rings. The molecule has 176 valence electrons. The van der Waals surface area contributed by atoms with Crippen LogP contribution in [0, 0.1) is 5.41 Å². The molecule has 1 aliphatic heterocycles. The van der Waals surface area contributed by atoms with Gasteiger partial charge in [-0.25, -0.2) is 0 Å². The lowest BCUT2D eigenvalue weighted by Gasteiger charge is -2.30. The first-order valence-corrected chi connectivity index (χ1v) is 11.7. The number of benzene rings is 1. The summed E-state index contributed by atoms with van der Waals surface area (Å²) in [7, 11) is 1.76. The number of likely N-dealkylation sites (tertiary alicyclic amines) is 1. The van der Waals surface area contributed by atoms with Gasteiger partial charge in [0.1, 0.15) is 5.75 Å². The molecule has 6 nitrogen and oxygen atoms in total. The van der Waals surface area contributed by atoms with Gasteiger partial charge in [-0.3, -0.25) is 9.89 Å². The molecule has 2 aliphatic rings. The van der Waals surface area contributed by atoms with Crippen LogP contribution < -0.4 is 15.4 Å². The van der Waals surface area contributed by atoms with E-state index in [0.717, 1.165) is 64.1 Å². The lowest BCUT2D eigenvalue weighted by Crippen LogP contribution is -2.43. The van der Waals surface area contributed by atoms with E-state index < -0.39 is 0 Å². The Labute approximate surface area is 205 Å². The molecule has 3 rings (SSSR count). The number of rotatable bonds is 12. The Morgan fingerprint density at radius 3 is 2.55 bits per heavy atom. The van der Waals surface area contributed by atoms with Crippen molar-refractivity contribution in [2.45, 2.75) is 52.0 Å². The second kappa shape index (κ2) is 13.5. The molecule has 0 spiro atoms. The molecule has 1 saturated heterocycles. The highest BCUT2D eigenvalue weighted by Gasteiger charge is 2.42. The molecule has 1 atom stereocenters. The third kappa shape index (κ3) is 7.79. The van der Waals surface area contributed by atoms with Crippen molar-refractivity contribution >= 4 is 29.9 Å². The van der Waals surface area contributed by atoms with E-state index >= 15 is 0 Å². The van der Waals surface area contributed by atoms with E-state index in [9.17, 15) is 0 Å². The van der Waals surface area contributed by atoms with Crippen LogP contribution in [0.25, 0.3) is 0 Å². The van der Waals surface area contributed by atoms with Gasteiger partial charge in [-0.15, -0.1) is 24.0 Å². The number of hydrogen-bond donors (Lipinski definition) is 2. The summed E-state index contributed by atoms with van der Waals surface area (Å²) < 4.78 is 11.2. The van der Waals surface area contributed by atoms with Gasteiger partial charge in [-0.05, 0) is 70.5 Å². The summed E-state index contributed by atoms with van der Waals surface area (Å²) in [6.07, 6.45) is 6.17. The molecule has 1 heterocycles. The maximum absolute atomic E-state index is 5.68. The summed E-state index contributed by atoms with van der Waals surface area (Å²) in [6.45, 7) is 10.7. The van der Waals surface area contributed by atoms with Crippen LogP contribution in [0.5, 0.6) is 5.75 Å². The Kier molecular flexibility index (Phi) is 11.4. The van der Waals surface area contributed by atoms with Crippen molar-refractivity contribution in [1.29, 1.82) is 0 Å². The molecule has 1 saturated carbocycles. The molecule has 2 fully saturated rings. The van der Waals surface area contributed by atoms with Gasteiger partial charge in [0.2, 0.25) is 0 Å². The summed E-state index contributed by atoms with van der Waals surface area (Å²) in [5.41, 5.74) is 1.61. The molecule has 1 aromatic carbocycles. The van der Waals surface area contributed by atoms with Crippen molar-refractivity contribution in [3.05, 3.63) is 29.8 Å². The fourth-order valence-electron chi connectivity index (χ4n) is 4.31. The van der Waals surface area contributed by atoms with Gasteiger partial charge in [0.15, 0.2) is 5.96 Å². The highest BCUT2D eigenvalue weighted by atomic mass is 127. The van der Waals surface area contributed by atoms with Crippen molar-refractivity contribution in [3.63, 3.8) is 0 Å². The van der Waals surface area contributed by atoms with Gasteiger partial charge in [0, 0.05) is 38.4 Å². The molecule has 1 unspecified atom stereocenters. The zero-order chi connectivity index (χ0) is 21.2. The van der Waals surface area contributed by atoms with Gasteiger partial charge in [-0.1, -0.05) is 18.2 Å². The zero-order valence-corrected chi connectivity index (χ0v) is 21.8. The quantitative estimate of drug-likeness (QED) is 0.179. The maximum atomic E-state index is 5.68. The van der Waals surface area contributed by atoms with Crippen LogP contribution in [0.2, 0.25) is 0 Å². The highest BCUT2D eigenvalue weighted by molar-refractivity contribution is 14.0. The SMILES string of the molecule is CCNC(=NCC1(CCOCC)CC1)NCC(c1ccccc1OC)N1CCCC1.I. The number of nitrogens with one attached hydrogen (secondary N) is 2. The summed E-state index contributed by atoms with van der Waals surface area (Å²) in [4.78, 5) is 7.52. The summed E-state index contributed by atoms with van der Waals surface area (Å²) in [5, 5.41) is 7.06. The molecular weight excluding hydrogens is 503 g/mol. The van der Waals surface area contributed by atoms with E-state index in [1.807, 2.05) is 6.07 Å². The van der Waals surface area contributed by atoms with Gasteiger partial charge >= 0.3 is 0 Å². The second-order valence-corrected chi connectivity index (χ2v) is 8.52. The number of ether oxygens (including phenoxy) is 2. The minimum atomic E-state index is 0. The number of guanidine groups is 1. The summed E-state index contributed by atoms with van der Waals surface area (Å²) >= 11 is 0. The third-order valence-corrected chi connectivity index (χ3v) is 6.40. The average molecular weight is 545 g/mol. The number of nitrogens with zero attached hydrogens (tertiary/aromatic N) is 2. The average Bonchev–Trinajstić information content (AvgIpc) is 3.33. The minimum absolute atomic E-state index is 0. The Morgan fingerprint density at radius 2 is 1.90 bits per heavy atom. The first-order chi connectivity index (χ1) is 14.7. The van der Waals surface area contributed by atoms with E-state index in [-0.39, 0.29) is 30.0 Å². The lowest BCUT2D eigenvalue weighted by molar-refractivity contribution is 0.129. The largest absolute Gasteiger partial charge is 0.496 e. The molecule has 2 N–H and O–H groups in total. The molecule has 0 radical (unpaired) electrons. The van der Waals surface area contributed by atoms with Gasteiger partial charge in [0.05, 0.1) is 13.2 Å². The highest BCUT2D eigenvalue weighted by Crippen LogP contribution is 2.49. The molecule has 7 heteroatoms. The van der Waals surface area contributed by atoms with Crippen LogP contribution in [0.3, 0.4) is 0 Å². The van der Waals surface area contributed by atoms with Gasteiger partial charge in [0.25, 0.3) is 0 Å². The Hall–Kier alpha value is -1.06. The molecule has 0 aromatic heterocycles. The monoisotopic (exact) mass is 544 g/mol. The fourth-order valence-corrected chi connectivity index (χ4v) is 4.31. The smallest absolute Gasteiger partial charge is 0.191 e. The van der Waals surface area contributed by atoms with E-state index in [4.69, 9.17) is 14.5 Å². The van der Waals surface area contributed by atoms with Crippen molar-refractivity contribution < 1.29 is 9.47 Å². The predicted octanol–water partition coefficient (Wildman–Crippen LogP) is 4.21. The number of aliphatic imine (C=N–C) groups is 1. The Morgan fingerprint density at radius 1 is 1.16 bits per heavy atom. The number of halogens is 1. The van der Waals surface area contributed by atoms with Gasteiger partial charge in [-0.2, -0.15) is 0 Å². The van der Waals surface area contributed by atoms with Crippen LogP contribution >= 0.6 is 24.0 Å². The van der Waals surface area contributed by atoms with Crippen LogP contribution in [0.1, 0.15) is 57.6 Å². The van der Waals surface area contributed by atoms with Crippen molar-refractivity contribution in [2.24, 2.45) is 10.4 Å². The van der Waals surface area contributed by atoms with Gasteiger partial charge < -0.3 is 20.1 Å². The molecule has 0 amide bonds. The van der Waals surface area contributed by atoms with E-state index in [2.05, 4.69) is 47.6 Å². The summed E-state index contributed by atoms with van der Waals surface area (Å²) in [6, 6.07) is 8.68. The predicted molar refractivity (Wildman–Crippen MR) is 139 cm³/mol. The fraction of sp³-hybridized carbons (Fsp3) is 0.708. The van der Waals surface area contributed by atoms with E-state index in [1.165, 1.54) is 31.2 Å². The summed E-state index contributed by atoms with van der Waals surface area (Å²) in [5.74, 6) is 1.88. The van der Waals surface area contributed by atoms with E-state index in [0.29, 0.717) is 5.41 Å². The third-order valence-electron chi connectivity index (χ3n) is 6.40. The van der Waals surface area contributed by atoms with Crippen molar-refractivity contribution in [1.82, 2.24) is 15.5 Å².